The quantitative estimate of drug-likeness (QED) is 0.883. The van der Waals surface area contributed by atoms with Crippen LogP contribution in [0.25, 0.3) is 6.08 Å². The first-order valence-electron chi connectivity index (χ1n) is 8.57. The number of H-pyrrole nitrogens is 1. The number of fused-ring (bicyclic) bond motifs is 1. The number of rotatable bonds is 3. The molecular formula is C20H22N2O2. The van der Waals surface area contributed by atoms with Gasteiger partial charge in [0, 0.05) is 49.0 Å². The Labute approximate surface area is 142 Å². The minimum Gasteiger partial charge on any atom is -0.381 e. The molecule has 124 valence electrons. The molecule has 4 heteroatoms. The van der Waals surface area contributed by atoms with E-state index < -0.39 is 0 Å². The largest absolute Gasteiger partial charge is 0.381 e. The zero-order chi connectivity index (χ0) is 16.4. The molecule has 0 bridgehead atoms. The maximum atomic E-state index is 12.8. The number of hydrogen-bond donors (Lipinski definition) is 1. The fourth-order valence-corrected chi connectivity index (χ4v) is 4.01. The lowest BCUT2D eigenvalue weighted by Crippen LogP contribution is -2.41. The van der Waals surface area contributed by atoms with Gasteiger partial charge in [0.25, 0.3) is 0 Å². The number of nitrogens with zero attached hydrogens (tertiary/aromatic N) is 1. The molecule has 24 heavy (non-hydrogen) atoms. The van der Waals surface area contributed by atoms with Gasteiger partial charge in [-0.05, 0) is 30.2 Å². The Morgan fingerprint density at radius 2 is 2.08 bits per heavy atom. The molecule has 3 atom stereocenters. The summed E-state index contributed by atoms with van der Waals surface area (Å²) in [4.78, 5) is 17.9. The Balaban J connectivity index is 1.55. The predicted molar refractivity (Wildman–Crippen MR) is 93.4 cm³/mol. The molecule has 2 aromatic rings. The molecule has 2 aliphatic rings. The van der Waals surface area contributed by atoms with Crippen LogP contribution in [0, 0.1) is 5.92 Å². The minimum absolute atomic E-state index is 0.0972. The number of ether oxygens (including phenoxy) is 1. The van der Waals surface area contributed by atoms with Gasteiger partial charge in [0.05, 0.1) is 6.61 Å². The first kappa shape index (κ1) is 15.2. The molecule has 0 radical (unpaired) electrons. The van der Waals surface area contributed by atoms with Crippen molar-refractivity contribution >= 4 is 12.0 Å². The van der Waals surface area contributed by atoms with Crippen LogP contribution in [0.5, 0.6) is 0 Å². The van der Waals surface area contributed by atoms with Crippen LogP contribution in [0.3, 0.4) is 0 Å². The number of aromatic amines is 1. The van der Waals surface area contributed by atoms with Gasteiger partial charge in [-0.25, -0.2) is 0 Å². The van der Waals surface area contributed by atoms with E-state index in [1.165, 1.54) is 5.56 Å². The second kappa shape index (κ2) is 6.65. The summed E-state index contributed by atoms with van der Waals surface area (Å²) >= 11 is 0. The summed E-state index contributed by atoms with van der Waals surface area (Å²) < 4.78 is 5.72. The van der Waals surface area contributed by atoms with Gasteiger partial charge in [-0.15, -0.1) is 0 Å². The van der Waals surface area contributed by atoms with Gasteiger partial charge >= 0.3 is 0 Å². The van der Waals surface area contributed by atoms with E-state index in [2.05, 4.69) is 29.2 Å². The van der Waals surface area contributed by atoms with Crippen molar-refractivity contribution in [1.82, 2.24) is 9.88 Å². The van der Waals surface area contributed by atoms with Crippen molar-refractivity contribution in [2.45, 2.75) is 18.4 Å². The van der Waals surface area contributed by atoms with E-state index >= 15 is 0 Å². The van der Waals surface area contributed by atoms with Gasteiger partial charge in [0.1, 0.15) is 0 Å². The molecule has 0 aliphatic carbocycles. The third kappa shape index (κ3) is 2.89. The summed E-state index contributed by atoms with van der Waals surface area (Å²) in [5.74, 6) is 0.850. The van der Waals surface area contributed by atoms with Crippen molar-refractivity contribution in [2.75, 3.05) is 19.8 Å². The van der Waals surface area contributed by atoms with Gasteiger partial charge in [0.15, 0.2) is 0 Å². The first-order valence-corrected chi connectivity index (χ1v) is 8.57. The lowest BCUT2D eigenvalue weighted by Gasteiger charge is -2.32. The van der Waals surface area contributed by atoms with E-state index in [4.69, 9.17) is 4.74 Å². The Morgan fingerprint density at radius 3 is 2.88 bits per heavy atom. The summed E-state index contributed by atoms with van der Waals surface area (Å²) in [5.41, 5.74) is 2.26. The second-order valence-electron chi connectivity index (χ2n) is 6.56. The number of carbonyl (C=O) groups excluding carboxylic acids is 1. The number of benzene rings is 1. The van der Waals surface area contributed by atoms with Crippen LogP contribution >= 0.6 is 0 Å². The Bertz CT molecular complexity index is 709. The third-order valence-electron chi connectivity index (χ3n) is 5.21. The molecule has 2 fully saturated rings. The van der Waals surface area contributed by atoms with E-state index in [1.54, 1.807) is 6.08 Å². The summed E-state index contributed by atoms with van der Waals surface area (Å²) in [7, 11) is 0. The van der Waals surface area contributed by atoms with Crippen LogP contribution in [0.4, 0.5) is 0 Å². The highest BCUT2D eigenvalue weighted by Gasteiger charge is 2.45. The average molecular weight is 322 g/mol. The summed E-state index contributed by atoms with van der Waals surface area (Å²) in [6.45, 7) is 2.26. The third-order valence-corrected chi connectivity index (χ3v) is 5.21. The number of nitrogens with one attached hydrogen (secondary N) is 1. The number of aromatic nitrogens is 1. The van der Waals surface area contributed by atoms with Crippen molar-refractivity contribution < 1.29 is 9.53 Å². The first-order chi connectivity index (χ1) is 11.8. The van der Waals surface area contributed by atoms with Gasteiger partial charge in [-0.3, -0.25) is 4.79 Å². The van der Waals surface area contributed by atoms with E-state index in [0.717, 1.165) is 31.9 Å². The van der Waals surface area contributed by atoms with E-state index in [-0.39, 0.29) is 11.9 Å². The standard InChI is InChI=1S/C20H22N2O2/c23-20(9-8-16-7-4-11-21-16)22-13-17(15-5-2-1-3-6-15)18-14-24-12-10-19(18)22/h1-9,11,17-19,21H,10,12-14H2/b9-8+/t17-,18+,19+/m1/s1. The fraction of sp³-hybridized carbons (Fsp3) is 0.350. The number of hydrogen-bond acceptors (Lipinski definition) is 2. The predicted octanol–water partition coefficient (Wildman–Crippen LogP) is 3.06. The van der Waals surface area contributed by atoms with Gasteiger partial charge in [-0.2, -0.15) is 0 Å². The maximum Gasteiger partial charge on any atom is 0.246 e. The van der Waals surface area contributed by atoms with Gasteiger partial charge < -0.3 is 14.6 Å². The molecule has 0 unspecified atom stereocenters. The number of carbonyl (C=O) groups is 1. The van der Waals surface area contributed by atoms with Gasteiger partial charge in [-0.1, -0.05) is 30.3 Å². The zero-order valence-electron chi connectivity index (χ0n) is 13.6. The van der Waals surface area contributed by atoms with Crippen LogP contribution in [-0.4, -0.2) is 41.6 Å². The molecule has 2 saturated heterocycles. The van der Waals surface area contributed by atoms with Crippen LogP contribution in [0.2, 0.25) is 0 Å². The van der Waals surface area contributed by atoms with Crippen LogP contribution < -0.4 is 0 Å². The topological polar surface area (TPSA) is 45.3 Å². The SMILES string of the molecule is O=C(/C=C/c1ccc[nH]1)N1C[C@H](c2ccccc2)[C@@H]2COCC[C@@H]21. The van der Waals surface area contributed by atoms with E-state index in [9.17, 15) is 4.79 Å². The van der Waals surface area contributed by atoms with E-state index in [1.807, 2.05) is 35.4 Å². The highest BCUT2D eigenvalue weighted by Crippen LogP contribution is 2.40. The minimum atomic E-state index is 0.0972. The molecule has 0 spiro atoms. The van der Waals surface area contributed by atoms with Crippen molar-refractivity contribution in [2.24, 2.45) is 5.92 Å². The van der Waals surface area contributed by atoms with Crippen LogP contribution in [0.15, 0.2) is 54.7 Å². The summed E-state index contributed by atoms with van der Waals surface area (Å²) in [6.07, 6.45) is 6.33. The lowest BCUT2D eigenvalue weighted by atomic mass is 9.84. The smallest absolute Gasteiger partial charge is 0.246 e. The van der Waals surface area contributed by atoms with Crippen molar-refractivity contribution in [1.29, 1.82) is 0 Å². The van der Waals surface area contributed by atoms with Crippen LogP contribution in [-0.2, 0) is 9.53 Å². The summed E-state index contributed by atoms with van der Waals surface area (Å²) in [6, 6.07) is 14.7. The van der Waals surface area contributed by atoms with E-state index in [0.29, 0.717) is 11.8 Å². The molecule has 4 rings (SSSR count). The summed E-state index contributed by atoms with van der Waals surface area (Å²) in [5, 5.41) is 0. The molecule has 0 saturated carbocycles. The average Bonchev–Trinajstić information content (AvgIpc) is 3.28. The molecule has 1 N–H and O–H groups in total. The molecule has 2 aliphatic heterocycles. The van der Waals surface area contributed by atoms with Gasteiger partial charge in [0.2, 0.25) is 5.91 Å². The Morgan fingerprint density at radius 1 is 1.21 bits per heavy atom. The molecule has 3 heterocycles. The number of likely N-dealkylation sites (tertiary alicyclic amines) is 1. The van der Waals surface area contributed by atoms with Crippen molar-refractivity contribution in [3.8, 4) is 0 Å². The molecule has 1 amide bonds. The molecule has 1 aromatic carbocycles. The normalized spacial score (nSPS) is 26.7. The molecular weight excluding hydrogens is 300 g/mol. The zero-order valence-corrected chi connectivity index (χ0v) is 13.6. The lowest BCUT2D eigenvalue weighted by molar-refractivity contribution is -0.128. The van der Waals surface area contributed by atoms with Crippen LogP contribution in [0.1, 0.15) is 23.6 Å². The monoisotopic (exact) mass is 322 g/mol. The number of amides is 1. The fourth-order valence-electron chi connectivity index (χ4n) is 4.01. The highest BCUT2D eigenvalue weighted by atomic mass is 16.5. The second-order valence-corrected chi connectivity index (χ2v) is 6.56. The molecule has 4 nitrogen and oxygen atoms in total. The Kier molecular flexibility index (Phi) is 4.22. The maximum absolute atomic E-state index is 12.8. The van der Waals surface area contributed by atoms with Crippen molar-refractivity contribution in [3.63, 3.8) is 0 Å². The highest BCUT2D eigenvalue weighted by molar-refractivity contribution is 5.92. The Hall–Kier alpha value is -2.33. The molecule has 1 aromatic heterocycles. The van der Waals surface area contributed by atoms with Crippen molar-refractivity contribution in [3.05, 3.63) is 66.0 Å².